The van der Waals surface area contributed by atoms with Crippen molar-refractivity contribution < 1.29 is 18.3 Å². The predicted molar refractivity (Wildman–Crippen MR) is 121 cm³/mol. The van der Waals surface area contributed by atoms with Crippen molar-refractivity contribution in [2.75, 3.05) is 4.72 Å². The Morgan fingerprint density at radius 2 is 1.62 bits per heavy atom. The smallest absolute Gasteiger partial charge is 0.295 e. The molecule has 9 heteroatoms. The summed E-state index contributed by atoms with van der Waals surface area (Å²) >= 11 is 0. The third-order valence-electron chi connectivity index (χ3n) is 4.75. The Balaban J connectivity index is 1.76. The number of aromatic nitrogens is 1. The first kappa shape index (κ1) is 21.1. The first-order valence-electron chi connectivity index (χ1n) is 9.55. The van der Waals surface area contributed by atoms with Crippen LogP contribution in [-0.2, 0) is 10.0 Å². The van der Waals surface area contributed by atoms with Crippen LogP contribution in [0.4, 0.5) is 11.4 Å². The van der Waals surface area contributed by atoms with Gasteiger partial charge in [0, 0.05) is 28.7 Å². The molecule has 8 nitrogen and oxygen atoms in total. The molecule has 1 aromatic heterocycles. The van der Waals surface area contributed by atoms with E-state index in [0.29, 0.717) is 10.8 Å². The maximum atomic E-state index is 12.9. The van der Waals surface area contributed by atoms with Gasteiger partial charge >= 0.3 is 0 Å². The molecule has 0 aliphatic rings. The molecule has 0 unspecified atom stereocenters. The molecule has 0 aliphatic carbocycles. The van der Waals surface area contributed by atoms with Gasteiger partial charge in [0.2, 0.25) is 0 Å². The van der Waals surface area contributed by atoms with Crippen molar-refractivity contribution in [2.24, 2.45) is 10.2 Å². The Kier molecular flexibility index (Phi) is 5.65. The number of pyridine rings is 1. The lowest BCUT2D eigenvalue weighted by atomic mass is 10.1. The van der Waals surface area contributed by atoms with Crippen LogP contribution in [0.3, 0.4) is 0 Å². The van der Waals surface area contributed by atoms with Crippen molar-refractivity contribution in [3.05, 3.63) is 90.3 Å². The minimum Gasteiger partial charge on any atom is -0.505 e. The second kappa shape index (κ2) is 8.56. The number of sulfonamides is 1. The average Bonchev–Trinajstić information content (AvgIpc) is 2.80. The average molecular weight is 446 g/mol. The molecular weight excluding hydrogens is 428 g/mol. The number of phenolic OH excluding ortho intramolecular Hbond substituents is 1. The van der Waals surface area contributed by atoms with Gasteiger partial charge < -0.3 is 5.11 Å². The zero-order chi connectivity index (χ0) is 22.7. The van der Waals surface area contributed by atoms with Gasteiger partial charge in [0.25, 0.3) is 15.9 Å². The number of aryl methyl sites for hydroxylation is 1. The van der Waals surface area contributed by atoms with Crippen LogP contribution in [0.5, 0.6) is 5.75 Å². The number of azo groups is 1. The molecule has 4 rings (SSSR count). The van der Waals surface area contributed by atoms with Gasteiger partial charge in [-0.1, -0.05) is 42.0 Å². The highest BCUT2D eigenvalue weighted by molar-refractivity contribution is 7.92. The van der Waals surface area contributed by atoms with Gasteiger partial charge in [0.15, 0.2) is 5.75 Å². The summed E-state index contributed by atoms with van der Waals surface area (Å²) in [6, 6.07) is 17.5. The monoisotopic (exact) mass is 446 g/mol. The standard InChI is InChI=1S/C23H18N4O4S/c1-15-6-8-17(9-7-15)32(30,31)27-20-14-21(22(28)19-5-3-2-4-18(19)20)25-26-23(29)16-10-12-24-13-11-16/h2-14,27-28H,1H3. The number of carbonyl (C=O) groups excluding carboxylic acids is 1. The van der Waals surface area contributed by atoms with Gasteiger partial charge in [-0.05, 0) is 37.3 Å². The molecule has 2 N–H and O–H groups in total. The van der Waals surface area contributed by atoms with E-state index < -0.39 is 15.9 Å². The molecular formula is C23H18N4O4S. The van der Waals surface area contributed by atoms with Crippen LogP contribution in [-0.4, -0.2) is 24.4 Å². The fourth-order valence-corrected chi connectivity index (χ4v) is 4.15. The summed E-state index contributed by atoms with van der Waals surface area (Å²) in [6.45, 7) is 1.86. The van der Waals surface area contributed by atoms with Crippen molar-refractivity contribution in [1.82, 2.24) is 4.98 Å². The van der Waals surface area contributed by atoms with Gasteiger partial charge in [-0.3, -0.25) is 14.5 Å². The Bertz CT molecular complexity index is 1430. The van der Waals surface area contributed by atoms with Crippen LogP contribution < -0.4 is 4.72 Å². The molecule has 160 valence electrons. The lowest BCUT2D eigenvalue weighted by Crippen LogP contribution is -2.13. The van der Waals surface area contributed by atoms with Crippen molar-refractivity contribution in [3.63, 3.8) is 0 Å². The third kappa shape index (κ3) is 4.33. The number of benzene rings is 3. The van der Waals surface area contributed by atoms with Crippen molar-refractivity contribution in [2.45, 2.75) is 11.8 Å². The lowest BCUT2D eigenvalue weighted by molar-refractivity contribution is 0.0995. The van der Waals surface area contributed by atoms with Crippen molar-refractivity contribution >= 4 is 38.1 Å². The maximum absolute atomic E-state index is 12.9. The highest BCUT2D eigenvalue weighted by Crippen LogP contribution is 2.40. The third-order valence-corrected chi connectivity index (χ3v) is 6.13. The summed E-state index contributed by atoms with van der Waals surface area (Å²) < 4.78 is 28.4. The second-order valence-electron chi connectivity index (χ2n) is 7.00. The number of phenols is 1. The molecule has 0 atom stereocenters. The quantitative estimate of drug-likeness (QED) is 0.331. The van der Waals surface area contributed by atoms with Crippen LogP contribution in [0, 0.1) is 6.92 Å². The summed E-state index contributed by atoms with van der Waals surface area (Å²) in [5, 5.41) is 19.0. The van der Waals surface area contributed by atoms with Gasteiger partial charge in [-0.2, -0.15) is 0 Å². The summed E-state index contributed by atoms with van der Waals surface area (Å²) in [4.78, 5) is 16.2. The number of fused-ring (bicyclic) bond motifs is 1. The predicted octanol–water partition coefficient (Wildman–Crippen LogP) is 4.97. The number of nitrogens with zero attached hydrogens (tertiary/aromatic N) is 3. The van der Waals surface area contributed by atoms with Gasteiger partial charge in [0.1, 0.15) is 5.69 Å². The Hall–Kier alpha value is -4.11. The van der Waals surface area contributed by atoms with E-state index in [1.165, 1.54) is 42.7 Å². The first-order valence-corrected chi connectivity index (χ1v) is 11.0. The van der Waals surface area contributed by atoms with Crippen molar-refractivity contribution in [3.8, 4) is 5.75 Å². The number of nitrogens with one attached hydrogen (secondary N) is 1. The van der Waals surface area contributed by atoms with E-state index >= 15 is 0 Å². The first-order chi connectivity index (χ1) is 15.3. The van der Waals surface area contributed by atoms with Crippen LogP contribution in [0.15, 0.2) is 94.2 Å². The number of carbonyl (C=O) groups is 1. The molecule has 0 saturated heterocycles. The van der Waals surface area contributed by atoms with Crippen molar-refractivity contribution in [1.29, 1.82) is 0 Å². The molecule has 1 heterocycles. The summed E-state index contributed by atoms with van der Waals surface area (Å²) in [6.07, 6.45) is 2.91. The number of hydrogen-bond donors (Lipinski definition) is 2. The van der Waals surface area contributed by atoms with E-state index in [-0.39, 0.29) is 27.6 Å². The molecule has 0 fully saturated rings. The molecule has 0 saturated carbocycles. The number of hydrogen-bond acceptors (Lipinski definition) is 6. The molecule has 3 aromatic carbocycles. The summed E-state index contributed by atoms with van der Waals surface area (Å²) in [7, 11) is -3.90. The fraction of sp³-hybridized carbons (Fsp3) is 0.0435. The van der Waals surface area contributed by atoms with Crippen LogP contribution in [0.2, 0.25) is 0 Å². The van der Waals surface area contributed by atoms with Gasteiger partial charge in [-0.25, -0.2) is 8.42 Å². The minimum absolute atomic E-state index is 0.0484. The fourth-order valence-electron chi connectivity index (χ4n) is 3.08. The maximum Gasteiger partial charge on any atom is 0.295 e. The molecule has 0 aliphatic heterocycles. The molecule has 0 spiro atoms. The minimum atomic E-state index is -3.90. The van der Waals surface area contributed by atoms with E-state index in [1.54, 1.807) is 36.4 Å². The molecule has 0 bridgehead atoms. The zero-order valence-electron chi connectivity index (χ0n) is 16.9. The number of rotatable bonds is 5. The summed E-state index contributed by atoms with van der Waals surface area (Å²) in [5.74, 6) is -0.841. The highest BCUT2D eigenvalue weighted by Gasteiger charge is 2.18. The van der Waals surface area contributed by atoms with E-state index in [1.807, 2.05) is 6.92 Å². The largest absolute Gasteiger partial charge is 0.505 e. The number of aromatic hydroxyl groups is 1. The van der Waals surface area contributed by atoms with Crippen LogP contribution in [0.1, 0.15) is 15.9 Å². The van der Waals surface area contributed by atoms with E-state index in [9.17, 15) is 18.3 Å². The lowest BCUT2D eigenvalue weighted by Gasteiger charge is -2.13. The van der Waals surface area contributed by atoms with Crippen LogP contribution in [0.25, 0.3) is 10.8 Å². The molecule has 1 amide bonds. The highest BCUT2D eigenvalue weighted by atomic mass is 32.2. The van der Waals surface area contributed by atoms with E-state index in [2.05, 4.69) is 19.9 Å². The molecule has 0 radical (unpaired) electrons. The second-order valence-corrected chi connectivity index (χ2v) is 8.68. The number of amides is 1. The van der Waals surface area contributed by atoms with Crippen LogP contribution >= 0.6 is 0 Å². The SMILES string of the molecule is Cc1ccc(S(=O)(=O)Nc2cc(N=NC(=O)c3ccncc3)c(O)c3ccccc23)cc1. The van der Waals surface area contributed by atoms with E-state index in [0.717, 1.165) is 5.56 Å². The van der Waals surface area contributed by atoms with Gasteiger partial charge in [-0.15, -0.1) is 10.2 Å². The normalized spacial score (nSPS) is 11.7. The Morgan fingerprint density at radius 1 is 0.969 bits per heavy atom. The Morgan fingerprint density at radius 3 is 2.31 bits per heavy atom. The number of anilines is 1. The van der Waals surface area contributed by atoms with E-state index in [4.69, 9.17) is 0 Å². The summed E-state index contributed by atoms with van der Waals surface area (Å²) in [5.41, 5.74) is 1.36. The molecule has 32 heavy (non-hydrogen) atoms. The Labute approximate surface area is 184 Å². The van der Waals surface area contributed by atoms with Gasteiger partial charge in [0.05, 0.1) is 10.6 Å². The topological polar surface area (TPSA) is 121 Å². The molecule has 4 aromatic rings. The zero-order valence-corrected chi connectivity index (χ0v) is 17.7.